The number of likely N-dealkylation sites (tertiary alicyclic amines) is 2. The molecule has 2 amide bonds. The van der Waals surface area contributed by atoms with Gasteiger partial charge in [-0.25, -0.2) is 0 Å². The molecule has 0 bridgehead atoms. The van der Waals surface area contributed by atoms with Crippen molar-refractivity contribution in [1.29, 1.82) is 0 Å². The second kappa shape index (κ2) is 6.21. The van der Waals surface area contributed by atoms with E-state index in [-0.39, 0.29) is 11.8 Å². The van der Waals surface area contributed by atoms with Gasteiger partial charge in [0, 0.05) is 26.2 Å². The van der Waals surface area contributed by atoms with Gasteiger partial charge in [0.05, 0.1) is 0 Å². The molecule has 0 aromatic heterocycles. The molecule has 0 saturated carbocycles. The first-order valence-corrected chi connectivity index (χ1v) is 7.28. The van der Waals surface area contributed by atoms with Crippen molar-refractivity contribution >= 4 is 11.8 Å². The van der Waals surface area contributed by atoms with Gasteiger partial charge in [-0.3, -0.25) is 9.59 Å². The van der Waals surface area contributed by atoms with E-state index in [2.05, 4.69) is 0 Å². The molecule has 0 aliphatic carbocycles. The Bertz CT molecular complexity index is 275. The van der Waals surface area contributed by atoms with Crippen LogP contribution < -0.4 is 0 Å². The Labute approximate surface area is 109 Å². The smallest absolute Gasteiger partial charge is 0.234 e. The van der Waals surface area contributed by atoms with Gasteiger partial charge in [-0.15, -0.1) is 0 Å². The summed E-state index contributed by atoms with van der Waals surface area (Å²) in [6.07, 6.45) is 6.73. The molecule has 18 heavy (non-hydrogen) atoms. The molecule has 0 N–H and O–H groups in total. The van der Waals surface area contributed by atoms with Crippen molar-refractivity contribution in [3.63, 3.8) is 0 Å². The van der Waals surface area contributed by atoms with Gasteiger partial charge in [0.1, 0.15) is 5.92 Å². The first-order chi connectivity index (χ1) is 8.70. The monoisotopic (exact) mass is 252 g/mol. The zero-order valence-electron chi connectivity index (χ0n) is 11.4. The Morgan fingerprint density at radius 2 is 1.06 bits per heavy atom. The van der Waals surface area contributed by atoms with Crippen LogP contribution in [0.15, 0.2) is 0 Å². The standard InChI is InChI=1S/C14H24N2O2/c1-12(13(17)15-8-4-2-5-9-15)14(18)16-10-6-3-7-11-16/h12H,2-11H2,1H3. The molecule has 2 fully saturated rings. The molecule has 2 heterocycles. The van der Waals surface area contributed by atoms with E-state index in [1.54, 1.807) is 6.92 Å². The van der Waals surface area contributed by atoms with E-state index >= 15 is 0 Å². The van der Waals surface area contributed by atoms with E-state index in [1.807, 2.05) is 9.80 Å². The number of nitrogens with zero attached hydrogens (tertiary/aromatic N) is 2. The lowest BCUT2D eigenvalue weighted by Gasteiger charge is -2.32. The van der Waals surface area contributed by atoms with Gasteiger partial charge in [-0.1, -0.05) is 0 Å². The van der Waals surface area contributed by atoms with Crippen molar-refractivity contribution in [2.45, 2.75) is 45.4 Å². The minimum Gasteiger partial charge on any atom is -0.342 e. The maximum atomic E-state index is 12.3. The average Bonchev–Trinajstić information content (AvgIpc) is 2.47. The summed E-state index contributed by atoms with van der Waals surface area (Å²) in [7, 11) is 0. The van der Waals surface area contributed by atoms with E-state index in [9.17, 15) is 9.59 Å². The van der Waals surface area contributed by atoms with E-state index in [1.165, 1.54) is 12.8 Å². The lowest BCUT2D eigenvalue weighted by molar-refractivity contribution is -0.147. The van der Waals surface area contributed by atoms with Gasteiger partial charge >= 0.3 is 0 Å². The lowest BCUT2D eigenvalue weighted by atomic mass is 10.0. The predicted octanol–water partition coefficient (Wildman–Crippen LogP) is 1.65. The fraction of sp³-hybridized carbons (Fsp3) is 0.857. The molecule has 2 rings (SSSR count). The fourth-order valence-corrected chi connectivity index (χ4v) is 2.88. The molecule has 0 atom stereocenters. The molecule has 2 aliphatic heterocycles. The molecular formula is C14H24N2O2. The molecule has 0 unspecified atom stereocenters. The number of rotatable bonds is 2. The van der Waals surface area contributed by atoms with Crippen LogP contribution in [0.2, 0.25) is 0 Å². The lowest BCUT2D eigenvalue weighted by Crippen LogP contribution is -2.47. The Balaban J connectivity index is 1.90. The summed E-state index contributed by atoms with van der Waals surface area (Å²) >= 11 is 0. The Morgan fingerprint density at radius 3 is 1.39 bits per heavy atom. The molecule has 2 aliphatic rings. The summed E-state index contributed by atoms with van der Waals surface area (Å²) in [5, 5.41) is 0. The molecule has 102 valence electrons. The Morgan fingerprint density at radius 1 is 0.722 bits per heavy atom. The average molecular weight is 252 g/mol. The number of carbonyl (C=O) groups is 2. The van der Waals surface area contributed by atoms with E-state index in [0.29, 0.717) is 0 Å². The summed E-state index contributed by atoms with van der Waals surface area (Å²) in [6, 6.07) is 0. The van der Waals surface area contributed by atoms with Crippen LogP contribution in [-0.4, -0.2) is 47.8 Å². The topological polar surface area (TPSA) is 40.6 Å². The molecule has 0 spiro atoms. The highest BCUT2D eigenvalue weighted by Gasteiger charge is 2.30. The van der Waals surface area contributed by atoms with Gasteiger partial charge < -0.3 is 9.80 Å². The van der Waals surface area contributed by atoms with Crippen LogP contribution in [0.1, 0.15) is 45.4 Å². The van der Waals surface area contributed by atoms with Crippen LogP contribution in [-0.2, 0) is 9.59 Å². The summed E-state index contributed by atoms with van der Waals surface area (Å²) in [5.74, 6) is -0.420. The highest BCUT2D eigenvalue weighted by atomic mass is 16.2. The zero-order valence-corrected chi connectivity index (χ0v) is 11.4. The third kappa shape index (κ3) is 3.03. The van der Waals surface area contributed by atoms with E-state index < -0.39 is 5.92 Å². The van der Waals surface area contributed by atoms with Gasteiger partial charge in [0.15, 0.2) is 0 Å². The van der Waals surface area contributed by atoms with Gasteiger partial charge in [-0.2, -0.15) is 0 Å². The number of hydrogen-bond donors (Lipinski definition) is 0. The molecule has 2 saturated heterocycles. The first-order valence-electron chi connectivity index (χ1n) is 7.28. The maximum Gasteiger partial charge on any atom is 0.234 e. The van der Waals surface area contributed by atoms with E-state index in [4.69, 9.17) is 0 Å². The Kier molecular flexibility index (Phi) is 4.61. The van der Waals surface area contributed by atoms with Crippen molar-refractivity contribution in [3.8, 4) is 0 Å². The van der Waals surface area contributed by atoms with Crippen LogP contribution in [0.3, 0.4) is 0 Å². The number of carbonyl (C=O) groups excluding carboxylic acids is 2. The van der Waals surface area contributed by atoms with Crippen molar-refractivity contribution in [2.24, 2.45) is 5.92 Å². The molecule has 0 aromatic rings. The van der Waals surface area contributed by atoms with Crippen LogP contribution in [0.4, 0.5) is 0 Å². The van der Waals surface area contributed by atoms with Crippen molar-refractivity contribution in [3.05, 3.63) is 0 Å². The predicted molar refractivity (Wildman–Crippen MR) is 70.0 cm³/mol. The van der Waals surface area contributed by atoms with Crippen molar-refractivity contribution < 1.29 is 9.59 Å². The minimum atomic E-state index is -0.485. The normalized spacial score (nSPS) is 21.2. The molecule has 4 nitrogen and oxygen atoms in total. The molecule has 0 radical (unpaired) electrons. The fourth-order valence-electron chi connectivity index (χ4n) is 2.88. The van der Waals surface area contributed by atoms with E-state index in [0.717, 1.165) is 51.9 Å². The van der Waals surface area contributed by atoms with Crippen molar-refractivity contribution in [1.82, 2.24) is 9.80 Å². The summed E-state index contributed by atoms with van der Waals surface area (Å²) < 4.78 is 0. The number of hydrogen-bond acceptors (Lipinski definition) is 2. The third-order valence-corrected chi connectivity index (χ3v) is 4.08. The zero-order chi connectivity index (χ0) is 13.0. The summed E-state index contributed by atoms with van der Waals surface area (Å²) in [5.41, 5.74) is 0. The molecule has 4 heteroatoms. The minimum absolute atomic E-state index is 0.0327. The maximum absolute atomic E-state index is 12.3. The van der Waals surface area contributed by atoms with Crippen LogP contribution in [0, 0.1) is 5.92 Å². The second-order valence-electron chi connectivity index (χ2n) is 5.49. The number of piperidine rings is 2. The first kappa shape index (κ1) is 13.4. The third-order valence-electron chi connectivity index (χ3n) is 4.08. The highest BCUT2D eigenvalue weighted by molar-refractivity contribution is 5.99. The SMILES string of the molecule is CC(C(=O)N1CCCCC1)C(=O)N1CCCCC1. The molecule has 0 aromatic carbocycles. The molecular weight excluding hydrogens is 228 g/mol. The van der Waals surface area contributed by atoms with Crippen LogP contribution in [0.25, 0.3) is 0 Å². The van der Waals surface area contributed by atoms with Crippen LogP contribution in [0.5, 0.6) is 0 Å². The largest absolute Gasteiger partial charge is 0.342 e. The number of amides is 2. The summed E-state index contributed by atoms with van der Waals surface area (Å²) in [6.45, 7) is 5.09. The van der Waals surface area contributed by atoms with Gasteiger partial charge in [0.25, 0.3) is 0 Å². The van der Waals surface area contributed by atoms with Crippen molar-refractivity contribution in [2.75, 3.05) is 26.2 Å². The van der Waals surface area contributed by atoms with Crippen LogP contribution >= 0.6 is 0 Å². The quantitative estimate of drug-likeness (QED) is 0.701. The van der Waals surface area contributed by atoms with Gasteiger partial charge in [0.2, 0.25) is 11.8 Å². The highest BCUT2D eigenvalue weighted by Crippen LogP contribution is 2.16. The second-order valence-corrected chi connectivity index (χ2v) is 5.49. The van der Waals surface area contributed by atoms with Gasteiger partial charge in [-0.05, 0) is 45.4 Å². The summed E-state index contributed by atoms with van der Waals surface area (Å²) in [4.78, 5) is 28.3. The Hall–Kier alpha value is -1.06.